The van der Waals surface area contributed by atoms with Crippen LogP contribution in [0.5, 0.6) is 0 Å². The largest absolute Gasteiger partial charge is 0.377 e. The van der Waals surface area contributed by atoms with Gasteiger partial charge in [-0.2, -0.15) is 0 Å². The van der Waals surface area contributed by atoms with Crippen LogP contribution in [0.1, 0.15) is 26.3 Å². The third-order valence-corrected chi connectivity index (χ3v) is 3.51. The topological polar surface area (TPSA) is 35.2 Å². The molecule has 0 aliphatic carbocycles. The Balaban J connectivity index is 2.78. The lowest BCUT2D eigenvalue weighted by atomic mass is 9.94. The van der Waals surface area contributed by atoms with Crippen LogP contribution in [0.25, 0.3) is 0 Å². The maximum atomic E-state index is 6.23. The zero-order valence-electron chi connectivity index (χ0n) is 11.1. The lowest BCUT2D eigenvalue weighted by Crippen LogP contribution is -2.42. The summed E-state index contributed by atoms with van der Waals surface area (Å²) in [4.78, 5) is 0. The molecule has 0 aromatic heterocycles. The van der Waals surface area contributed by atoms with E-state index in [0.717, 1.165) is 5.56 Å². The minimum absolute atomic E-state index is 0.0325. The highest BCUT2D eigenvalue weighted by atomic mass is 35.5. The van der Waals surface area contributed by atoms with Crippen molar-refractivity contribution in [3.05, 3.63) is 33.8 Å². The molecule has 0 bridgehead atoms. The van der Waals surface area contributed by atoms with Gasteiger partial charge in [-0.15, -0.1) is 0 Å². The second-order valence-corrected chi connectivity index (χ2v) is 5.61. The molecule has 102 valence electrons. The molecule has 0 radical (unpaired) electrons. The Morgan fingerprint density at radius 3 is 2.50 bits per heavy atom. The van der Waals surface area contributed by atoms with Gasteiger partial charge < -0.3 is 10.5 Å². The quantitative estimate of drug-likeness (QED) is 0.861. The summed E-state index contributed by atoms with van der Waals surface area (Å²) in [5.41, 5.74) is 7.20. The van der Waals surface area contributed by atoms with Crippen LogP contribution in [0, 0.1) is 5.92 Å². The summed E-state index contributed by atoms with van der Waals surface area (Å²) in [7, 11) is 0. The van der Waals surface area contributed by atoms with E-state index in [2.05, 4.69) is 13.8 Å². The number of hydrogen-bond acceptors (Lipinski definition) is 2. The third-order valence-electron chi connectivity index (χ3n) is 2.90. The molecular formula is C14H21Cl2NO. The fraction of sp³-hybridized carbons (Fsp3) is 0.571. The second kappa shape index (κ2) is 7.34. The van der Waals surface area contributed by atoms with Crippen LogP contribution in [0.3, 0.4) is 0 Å². The van der Waals surface area contributed by atoms with Crippen LogP contribution >= 0.6 is 23.2 Å². The first kappa shape index (κ1) is 15.8. The molecule has 1 aromatic carbocycles. The number of nitrogens with two attached hydrogens (primary N) is 1. The standard InChI is InChI=1S/C14H21Cl2NO/c1-4-18-14(9(2)3)13(17)8-10-7-11(15)5-6-12(10)16/h5-7,9,13-14H,4,8,17H2,1-3H3. The molecule has 0 spiro atoms. The highest BCUT2D eigenvalue weighted by Crippen LogP contribution is 2.23. The Hall–Kier alpha value is -0.280. The fourth-order valence-corrected chi connectivity index (χ4v) is 2.46. The van der Waals surface area contributed by atoms with Gasteiger partial charge in [-0.05, 0) is 43.0 Å². The van der Waals surface area contributed by atoms with Gasteiger partial charge in [0, 0.05) is 22.7 Å². The summed E-state index contributed by atoms with van der Waals surface area (Å²) in [6, 6.07) is 5.37. The molecule has 4 heteroatoms. The number of halogens is 2. The molecule has 0 saturated heterocycles. The highest BCUT2D eigenvalue weighted by Gasteiger charge is 2.22. The lowest BCUT2D eigenvalue weighted by molar-refractivity contribution is 0.0128. The zero-order chi connectivity index (χ0) is 13.7. The molecular weight excluding hydrogens is 269 g/mol. The van der Waals surface area contributed by atoms with E-state index >= 15 is 0 Å². The first-order valence-corrected chi connectivity index (χ1v) is 7.02. The fourth-order valence-electron chi connectivity index (χ4n) is 2.07. The van der Waals surface area contributed by atoms with Crippen LogP contribution in [-0.2, 0) is 11.2 Å². The second-order valence-electron chi connectivity index (χ2n) is 4.77. The molecule has 2 unspecified atom stereocenters. The minimum atomic E-state index is -0.0825. The van der Waals surface area contributed by atoms with E-state index in [1.165, 1.54) is 0 Å². The maximum absolute atomic E-state index is 6.23. The van der Waals surface area contributed by atoms with Gasteiger partial charge in [0.15, 0.2) is 0 Å². The number of ether oxygens (including phenoxy) is 1. The summed E-state index contributed by atoms with van der Waals surface area (Å²) in [5.74, 6) is 0.373. The van der Waals surface area contributed by atoms with E-state index < -0.39 is 0 Å². The predicted molar refractivity (Wildman–Crippen MR) is 78.4 cm³/mol. The molecule has 1 aromatic rings. The van der Waals surface area contributed by atoms with E-state index in [9.17, 15) is 0 Å². The van der Waals surface area contributed by atoms with Gasteiger partial charge in [0.1, 0.15) is 0 Å². The first-order valence-electron chi connectivity index (χ1n) is 6.26. The van der Waals surface area contributed by atoms with Crippen molar-refractivity contribution >= 4 is 23.2 Å². The van der Waals surface area contributed by atoms with E-state index in [-0.39, 0.29) is 12.1 Å². The van der Waals surface area contributed by atoms with Crippen molar-refractivity contribution in [3.63, 3.8) is 0 Å². The van der Waals surface area contributed by atoms with Gasteiger partial charge >= 0.3 is 0 Å². The average molecular weight is 290 g/mol. The molecule has 0 aliphatic heterocycles. The smallest absolute Gasteiger partial charge is 0.0751 e. The van der Waals surface area contributed by atoms with Crippen LogP contribution in [-0.4, -0.2) is 18.8 Å². The van der Waals surface area contributed by atoms with Crippen molar-refractivity contribution in [1.82, 2.24) is 0 Å². The summed E-state index contributed by atoms with van der Waals surface area (Å²) in [6.07, 6.45) is 0.701. The van der Waals surface area contributed by atoms with Crippen molar-refractivity contribution in [2.24, 2.45) is 11.7 Å². The molecule has 0 saturated carbocycles. The van der Waals surface area contributed by atoms with E-state index in [4.69, 9.17) is 33.7 Å². The monoisotopic (exact) mass is 289 g/mol. The first-order chi connectivity index (χ1) is 8.45. The Bertz CT molecular complexity index is 382. The van der Waals surface area contributed by atoms with Crippen molar-refractivity contribution in [2.75, 3.05) is 6.61 Å². The summed E-state index contributed by atoms with van der Waals surface area (Å²) in [5, 5.41) is 1.38. The zero-order valence-corrected chi connectivity index (χ0v) is 12.6. The van der Waals surface area contributed by atoms with Gasteiger partial charge in [0.25, 0.3) is 0 Å². The summed E-state index contributed by atoms with van der Waals surface area (Å²) >= 11 is 12.1. The summed E-state index contributed by atoms with van der Waals surface area (Å²) in [6.45, 7) is 6.87. The lowest BCUT2D eigenvalue weighted by Gasteiger charge is -2.27. The number of hydrogen-bond donors (Lipinski definition) is 1. The van der Waals surface area contributed by atoms with Crippen molar-refractivity contribution in [3.8, 4) is 0 Å². The molecule has 18 heavy (non-hydrogen) atoms. The van der Waals surface area contributed by atoms with Crippen LogP contribution in [0.15, 0.2) is 18.2 Å². The highest BCUT2D eigenvalue weighted by molar-refractivity contribution is 6.33. The Kier molecular flexibility index (Phi) is 6.44. The van der Waals surface area contributed by atoms with E-state index in [1.807, 2.05) is 13.0 Å². The van der Waals surface area contributed by atoms with Gasteiger partial charge in [-0.3, -0.25) is 0 Å². The van der Waals surface area contributed by atoms with Gasteiger partial charge in [-0.1, -0.05) is 37.0 Å². The van der Waals surface area contributed by atoms with Crippen molar-refractivity contribution in [2.45, 2.75) is 39.3 Å². The molecule has 0 amide bonds. The molecule has 0 aliphatic rings. The van der Waals surface area contributed by atoms with Gasteiger partial charge in [0.05, 0.1) is 6.10 Å². The third kappa shape index (κ3) is 4.43. The van der Waals surface area contributed by atoms with Crippen LogP contribution in [0.2, 0.25) is 10.0 Å². The van der Waals surface area contributed by atoms with Gasteiger partial charge in [-0.25, -0.2) is 0 Å². The molecule has 0 heterocycles. The molecule has 2 nitrogen and oxygen atoms in total. The number of benzene rings is 1. The average Bonchev–Trinajstić information content (AvgIpc) is 2.30. The molecule has 2 N–H and O–H groups in total. The Morgan fingerprint density at radius 1 is 1.28 bits per heavy atom. The molecule has 1 rings (SSSR count). The summed E-state index contributed by atoms with van der Waals surface area (Å²) < 4.78 is 5.71. The van der Waals surface area contributed by atoms with Crippen LogP contribution in [0.4, 0.5) is 0 Å². The Morgan fingerprint density at radius 2 is 1.94 bits per heavy atom. The normalized spacial score (nSPS) is 14.8. The predicted octanol–water partition coefficient (Wildman–Crippen LogP) is 3.92. The minimum Gasteiger partial charge on any atom is -0.377 e. The van der Waals surface area contributed by atoms with E-state index in [0.29, 0.717) is 29.0 Å². The van der Waals surface area contributed by atoms with Crippen molar-refractivity contribution in [1.29, 1.82) is 0 Å². The SMILES string of the molecule is CCOC(C(C)C)C(N)Cc1cc(Cl)ccc1Cl. The maximum Gasteiger partial charge on any atom is 0.0751 e. The molecule has 2 atom stereocenters. The Labute approximate surface area is 119 Å². The van der Waals surface area contributed by atoms with E-state index in [1.54, 1.807) is 12.1 Å². The molecule has 0 fully saturated rings. The van der Waals surface area contributed by atoms with Crippen molar-refractivity contribution < 1.29 is 4.74 Å². The van der Waals surface area contributed by atoms with Gasteiger partial charge in [0.2, 0.25) is 0 Å². The number of rotatable bonds is 6. The van der Waals surface area contributed by atoms with Crippen LogP contribution < -0.4 is 5.73 Å².